The topological polar surface area (TPSA) is 0 Å². The second kappa shape index (κ2) is 15.9. The molecule has 2 heteroatoms. The zero-order chi connectivity index (χ0) is 4.12. The molecule has 0 aliphatic rings. The normalized spacial score (nSPS) is 4.57. The van der Waals surface area contributed by atoms with Crippen LogP contribution < -0.4 is 0 Å². The van der Waals surface area contributed by atoms with Gasteiger partial charge in [0.05, 0.1) is 0 Å². The standard InChI is InChI=1S/C5H8.Cu.Li.H/c1-3-5-4-2;;;/h1H,4-5H2,2H3;;;/q;-1;;/p+1. The summed E-state index contributed by atoms with van der Waals surface area (Å²) in [4.78, 5) is 0. The van der Waals surface area contributed by atoms with Gasteiger partial charge in [0.1, 0.15) is 0 Å². The van der Waals surface area contributed by atoms with Crippen molar-refractivity contribution in [2.75, 3.05) is 0 Å². The minimum atomic E-state index is 0. The predicted molar refractivity (Wildman–Crippen MR) is 32.0 cm³/mol. The van der Waals surface area contributed by atoms with E-state index in [-0.39, 0.29) is 37.4 Å². The van der Waals surface area contributed by atoms with Crippen molar-refractivity contribution >= 4 is 18.9 Å². The van der Waals surface area contributed by atoms with Gasteiger partial charge in [0.25, 0.3) is 0 Å². The molecule has 0 radical (unpaired) electrons. The molecule has 7 heavy (non-hydrogen) atoms. The van der Waals surface area contributed by atoms with Crippen LogP contribution in [-0.4, -0.2) is 18.9 Å². The van der Waals surface area contributed by atoms with Gasteiger partial charge in [0, 0.05) is 6.42 Å². The average Bonchev–Trinajstić information content (AvgIpc) is 1.41. The molecule has 0 nitrogen and oxygen atoms in total. The van der Waals surface area contributed by atoms with Gasteiger partial charge in [-0.25, -0.2) is 0 Å². The number of unbranched alkanes of at least 4 members (excludes halogenated alkanes) is 1. The molecule has 0 saturated carbocycles. The Morgan fingerprint density at radius 3 is 2.14 bits per heavy atom. The van der Waals surface area contributed by atoms with E-state index in [1.165, 1.54) is 0 Å². The van der Waals surface area contributed by atoms with Crippen LogP contribution in [0.3, 0.4) is 0 Å². The fourth-order valence-electron chi connectivity index (χ4n) is 0.144. The van der Waals surface area contributed by atoms with Crippen LogP contribution in [0.25, 0.3) is 0 Å². The Hall–Kier alpha value is 0.677. The maximum atomic E-state index is 4.89. The van der Waals surface area contributed by atoms with Crippen molar-refractivity contribution in [3.8, 4) is 12.3 Å². The third kappa shape index (κ3) is 20.4. The second-order valence-corrected chi connectivity index (χ2v) is 0.954. The molecule has 0 aliphatic heterocycles. The monoisotopic (exact) mass is 140 g/mol. The summed E-state index contributed by atoms with van der Waals surface area (Å²) in [5.74, 6) is 2.52. The van der Waals surface area contributed by atoms with Crippen molar-refractivity contribution in [3.63, 3.8) is 0 Å². The second-order valence-electron chi connectivity index (χ2n) is 0.954. The van der Waals surface area contributed by atoms with Gasteiger partial charge in [-0.05, 0) is 6.42 Å². The van der Waals surface area contributed by atoms with E-state index in [4.69, 9.17) is 6.42 Å². The van der Waals surface area contributed by atoms with Gasteiger partial charge in [-0.1, -0.05) is 6.92 Å². The molecule has 0 heterocycles. The van der Waals surface area contributed by atoms with Crippen molar-refractivity contribution in [2.45, 2.75) is 19.8 Å². The van der Waals surface area contributed by atoms with Crippen LogP contribution in [0.1, 0.15) is 21.2 Å². The van der Waals surface area contributed by atoms with Gasteiger partial charge in [0.2, 0.25) is 0 Å². The first kappa shape index (κ1) is 15.6. The third-order valence-electron chi connectivity index (χ3n) is 0.394. The molecule has 0 atom stereocenters. The Labute approximate surface area is 69.6 Å². The molecular weight excluding hydrogens is 131 g/mol. The van der Waals surface area contributed by atoms with Gasteiger partial charge in [-0.15, -0.1) is 12.3 Å². The van der Waals surface area contributed by atoms with E-state index < -0.39 is 0 Å². The van der Waals surface area contributed by atoms with Crippen molar-refractivity contribution < 1.29 is 18.5 Å². The summed E-state index contributed by atoms with van der Waals surface area (Å²) in [6, 6.07) is 0. The molecule has 0 bridgehead atoms. The van der Waals surface area contributed by atoms with Gasteiger partial charge in [0.15, 0.2) is 0 Å². The van der Waals surface area contributed by atoms with Crippen LogP contribution in [0.2, 0.25) is 0 Å². The number of terminal acetylenes is 1. The summed E-state index contributed by atoms with van der Waals surface area (Å²) >= 11 is 0. The summed E-state index contributed by atoms with van der Waals surface area (Å²) in [6.45, 7) is 2.07. The quantitative estimate of drug-likeness (QED) is 0.375. The molecule has 0 fully saturated rings. The molecule has 0 aromatic heterocycles. The molecule has 0 aliphatic carbocycles. The summed E-state index contributed by atoms with van der Waals surface area (Å²) in [5, 5.41) is 0. The maximum absolute atomic E-state index is 4.89. The van der Waals surface area contributed by atoms with E-state index in [1.54, 1.807) is 0 Å². The van der Waals surface area contributed by atoms with E-state index in [0.29, 0.717) is 0 Å². The third-order valence-corrected chi connectivity index (χ3v) is 0.394. The van der Waals surface area contributed by atoms with E-state index in [9.17, 15) is 0 Å². The van der Waals surface area contributed by atoms with Crippen LogP contribution in [0.4, 0.5) is 0 Å². The summed E-state index contributed by atoms with van der Waals surface area (Å²) < 4.78 is 0. The summed E-state index contributed by atoms with van der Waals surface area (Å²) in [6.07, 6.45) is 6.91. The molecular formula is C5H10CuLi. The number of hydrogen-bond acceptors (Lipinski definition) is 0. The Morgan fingerprint density at radius 1 is 1.71 bits per heavy atom. The van der Waals surface area contributed by atoms with E-state index in [2.05, 4.69) is 12.8 Å². The number of rotatable bonds is 1. The fourth-order valence-corrected chi connectivity index (χ4v) is 0.144. The first-order valence-electron chi connectivity index (χ1n) is 1.85. The predicted octanol–water partition coefficient (Wildman–Crippen LogP) is 0.881. The molecule has 0 saturated heterocycles. The van der Waals surface area contributed by atoms with Gasteiger partial charge in [-0.2, -0.15) is 0 Å². The molecule has 0 aromatic carbocycles. The Kier molecular flexibility index (Phi) is 35.6. The van der Waals surface area contributed by atoms with Crippen molar-refractivity contribution in [1.29, 1.82) is 0 Å². The zero-order valence-electron chi connectivity index (χ0n) is 4.79. The van der Waals surface area contributed by atoms with Crippen molar-refractivity contribution in [1.82, 2.24) is 0 Å². The van der Waals surface area contributed by atoms with Crippen molar-refractivity contribution in [2.24, 2.45) is 0 Å². The molecule has 0 spiro atoms. The summed E-state index contributed by atoms with van der Waals surface area (Å²) in [7, 11) is 0. The Bertz CT molecular complexity index is 50.9. The molecule has 0 unspecified atom stereocenters. The SMILES string of the molecule is C#CCCC.[Cu-].[H+].[LiH]. The Morgan fingerprint density at radius 2 is 2.14 bits per heavy atom. The molecule has 0 N–H and O–H groups in total. The molecule has 0 amide bonds. The van der Waals surface area contributed by atoms with E-state index in [0.717, 1.165) is 12.8 Å². The molecule has 0 rings (SSSR count). The van der Waals surface area contributed by atoms with Gasteiger partial charge in [-0.3, -0.25) is 0 Å². The van der Waals surface area contributed by atoms with Crippen LogP contribution in [0.5, 0.6) is 0 Å². The first-order chi connectivity index (χ1) is 2.41. The zero-order valence-corrected chi connectivity index (χ0v) is 4.73. The first-order valence-corrected chi connectivity index (χ1v) is 1.85. The van der Waals surface area contributed by atoms with Crippen LogP contribution >= 0.6 is 0 Å². The molecule has 42 valence electrons. The Balaban J connectivity index is -0.0000000267. The number of hydrogen-bond donors (Lipinski definition) is 0. The van der Waals surface area contributed by atoms with Gasteiger partial charge < -0.3 is 17.1 Å². The van der Waals surface area contributed by atoms with Crippen molar-refractivity contribution in [3.05, 3.63) is 0 Å². The average molecular weight is 141 g/mol. The van der Waals surface area contributed by atoms with Gasteiger partial charge >= 0.3 is 20.3 Å². The van der Waals surface area contributed by atoms with E-state index >= 15 is 0 Å². The fraction of sp³-hybridized carbons (Fsp3) is 0.600. The van der Waals surface area contributed by atoms with Crippen LogP contribution in [0, 0.1) is 12.3 Å². The molecule has 0 aromatic rings. The summed E-state index contributed by atoms with van der Waals surface area (Å²) in [5.41, 5.74) is 0. The van der Waals surface area contributed by atoms with Crippen LogP contribution in [0.15, 0.2) is 0 Å². The van der Waals surface area contributed by atoms with E-state index in [1.807, 2.05) is 0 Å². The minimum absolute atomic E-state index is 0. The van der Waals surface area contributed by atoms with Crippen LogP contribution in [-0.2, 0) is 17.1 Å².